The monoisotopic (exact) mass is 335 g/mol. The molecule has 5 nitrogen and oxygen atoms in total. The minimum absolute atomic E-state index is 0.109. The van der Waals surface area contributed by atoms with Gasteiger partial charge in [-0.1, -0.05) is 0 Å². The lowest BCUT2D eigenvalue weighted by Gasteiger charge is -2.32. The molecule has 1 aliphatic heterocycles. The molecule has 1 aromatic rings. The highest BCUT2D eigenvalue weighted by atomic mass is 32.2. The maximum atomic E-state index is 12.4. The van der Waals surface area contributed by atoms with Crippen molar-refractivity contribution in [2.75, 3.05) is 46.0 Å². The molecule has 1 heterocycles. The highest BCUT2D eigenvalue weighted by Crippen LogP contribution is 2.16. The van der Waals surface area contributed by atoms with E-state index in [1.54, 1.807) is 12.1 Å². The second-order valence-electron chi connectivity index (χ2n) is 6.49. The summed E-state index contributed by atoms with van der Waals surface area (Å²) >= 11 is 0. The lowest BCUT2D eigenvalue weighted by molar-refractivity contribution is 0.170. The zero-order valence-electron chi connectivity index (χ0n) is 13.9. The van der Waals surface area contributed by atoms with Gasteiger partial charge in [0.25, 0.3) is 0 Å². The Kier molecular flexibility index (Phi) is 6.17. The Balaban J connectivity index is 1.86. The molecule has 1 fully saturated rings. The van der Waals surface area contributed by atoms with Crippen LogP contribution in [0.2, 0.25) is 0 Å². The average molecular weight is 335 g/mol. The quantitative estimate of drug-likeness (QED) is 0.790. The van der Waals surface area contributed by atoms with Gasteiger partial charge < -0.3 is 9.80 Å². The van der Waals surface area contributed by atoms with Crippen LogP contribution in [0.4, 0.5) is 0 Å². The minimum Gasteiger partial charge on any atom is -0.306 e. The predicted molar refractivity (Wildman–Crippen MR) is 90.9 cm³/mol. The van der Waals surface area contributed by atoms with Crippen LogP contribution < -0.4 is 0 Å². The number of hydrogen-bond acceptors (Lipinski definition) is 5. The molecule has 6 heteroatoms. The van der Waals surface area contributed by atoms with Crippen molar-refractivity contribution in [3.63, 3.8) is 0 Å². The van der Waals surface area contributed by atoms with Crippen molar-refractivity contribution in [1.82, 2.24) is 9.80 Å². The molecule has 0 N–H and O–H groups in total. The van der Waals surface area contributed by atoms with Gasteiger partial charge in [-0.3, -0.25) is 0 Å². The van der Waals surface area contributed by atoms with Gasteiger partial charge in [0.15, 0.2) is 9.84 Å². The maximum absolute atomic E-state index is 12.4. The molecular weight excluding hydrogens is 310 g/mol. The van der Waals surface area contributed by atoms with Gasteiger partial charge in [-0.2, -0.15) is 5.26 Å². The summed E-state index contributed by atoms with van der Waals surface area (Å²) in [5.41, 5.74) is 0.475. The summed E-state index contributed by atoms with van der Waals surface area (Å²) in [7, 11) is 0.836. The number of nitrogens with zero attached hydrogens (tertiary/aromatic N) is 3. The Hall–Kier alpha value is -1.42. The first kappa shape index (κ1) is 17.9. The molecule has 1 atom stereocenters. The van der Waals surface area contributed by atoms with E-state index in [9.17, 15) is 8.42 Å². The summed E-state index contributed by atoms with van der Waals surface area (Å²) in [5.74, 6) is 0.731. The molecule has 0 spiro atoms. The highest BCUT2D eigenvalue weighted by Gasteiger charge is 2.20. The first-order valence-corrected chi connectivity index (χ1v) is 9.66. The Bertz CT molecular complexity index is 649. The number of sulfone groups is 1. The lowest BCUT2D eigenvalue weighted by Crippen LogP contribution is -2.39. The second-order valence-corrected chi connectivity index (χ2v) is 8.60. The molecule has 0 aromatic heterocycles. The van der Waals surface area contributed by atoms with Gasteiger partial charge in [0.1, 0.15) is 0 Å². The third-order valence-electron chi connectivity index (χ3n) is 4.38. The van der Waals surface area contributed by atoms with Crippen molar-refractivity contribution < 1.29 is 8.42 Å². The summed E-state index contributed by atoms with van der Waals surface area (Å²) in [6, 6.07) is 8.13. The molecule has 126 valence electrons. The summed E-state index contributed by atoms with van der Waals surface area (Å²) < 4.78 is 24.7. The Labute approximate surface area is 139 Å². The van der Waals surface area contributed by atoms with Crippen molar-refractivity contribution in [3.8, 4) is 6.07 Å². The molecule has 1 aromatic carbocycles. The summed E-state index contributed by atoms with van der Waals surface area (Å²) in [4.78, 5) is 4.75. The third kappa shape index (κ3) is 5.31. The fraction of sp³-hybridized carbons (Fsp3) is 0.588. The fourth-order valence-corrected chi connectivity index (χ4v) is 4.42. The van der Waals surface area contributed by atoms with E-state index >= 15 is 0 Å². The van der Waals surface area contributed by atoms with Crippen LogP contribution in [-0.4, -0.2) is 64.2 Å². The van der Waals surface area contributed by atoms with E-state index in [0.717, 1.165) is 19.6 Å². The molecule has 0 amide bonds. The predicted octanol–water partition coefficient (Wildman–Crippen LogP) is 1.61. The number of hydrogen-bond donors (Lipinski definition) is 0. The van der Waals surface area contributed by atoms with Crippen molar-refractivity contribution in [1.29, 1.82) is 5.26 Å². The van der Waals surface area contributed by atoms with E-state index in [1.807, 2.05) is 13.1 Å². The van der Waals surface area contributed by atoms with Gasteiger partial charge in [0.05, 0.1) is 22.3 Å². The summed E-state index contributed by atoms with van der Waals surface area (Å²) in [5, 5.41) is 8.77. The molecule has 23 heavy (non-hydrogen) atoms. The lowest BCUT2D eigenvalue weighted by atomic mass is 9.98. The van der Waals surface area contributed by atoms with E-state index in [1.165, 1.54) is 25.0 Å². The van der Waals surface area contributed by atoms with Crippen molar-refractivity contribution in [2.45, 2.75) is 17.7 Å². The van der Waals surface area contributed by atoms with Gasteiger partial charge in [-0.05, 0) is 63.7 Å². The number of benzene rings is 1. The zero-order chi connectivity index (χ0) is 16.9. The molecule has 2 rings (SSSR count). The fourth-order valence-electron chi connectivity index (χ4n) is 3.08. The number of rotatable bonds is 6. The van der Waals surface area contributed by atoms with Gasteiger partial charge in [-0.25, -0.2) is 8.42 Å². The zero-order valence-corrected chi connectivity index (χ0v) is 14.7. The van der Waals surface area contributed by atoms with Gasteiger partial charge in [0.2, 0.25) is 0 Å². The minimum atomic E-state index is -3.29. The Morgan fingerprint density at radius 3 is 2.65 bits per heavy atom. The number of nitriles is 1. The van der Waals surface area contributed by atoms with Crippen LogP contribution in [-0.2, 0) is 9.84 Å². The third-order valence-corrected chi connectivity index (χ3v) is 6.09. The van der Waals surface area contributed by atoms with Gasteiger partial charge in [0, 0.05) is 19.6 Å². The first-order valence-electron chi connectivity index (χ1n) is 8.01. The van der Waals surface area contributed by atoms with Gasteiger partial charge in [-0.15, -0.1) is 0 Å². The summed E-state index contributed by atoms with van der Waals surface area (Å²) in [6.45, 7) is 3.72. The Morgan fingerprint density at radius 1 is 1.35 bits per heavy atom. The number of piperidine rings is 1. The van der Waals surface area contributed by atoms with E-state index in [-0.39, 0.29) is 5.75 Å². The highest BCUT2D eigenvalue weighted by molar-refractivity contribution is 7.91. The average Bonchev–Trinajstić information content (AvgIpc) is 2.53. The largest absolute Gasteiger partial charge is 0.306 e. The van der Waals surface area contributed by atoms with Gasteiger partial charge >= 0.3 is 0 Å². The van der Waals surface area contributed by atoms with Crippen LogP contribution in [0.15, 0.2) is 29.2 Å². The van der Waals surface area contributed by atoms with Crippen LogP contribution in [0.5, 0.6) is 0 Å². The molecular formula is C17H25N3O2S. The van der Waals surface area contributed by atoms with E-state index in [4.69, 9.17) is 5.26 Å². The molecule has 1 saturated heterocycles. The van der Waals surface area contributed by atoms with E-state index < -0.39 is 9.84 Å². The maximum Gasteiger partial charge on any atom is 0.179 e. The van der Waals surface area contributed by atoms with Crippen LogP contribution in [0, 0.1) is 17.2 Å². The van der Waals surface area contributed by atoms with Crippen molar-refractivity contribution >= 4 is 9.84 Å². The van der Waals surface area contributed by atoms with Crippen LogP contribution in [0.3, 0.4) is 0 Å². The molecule has 1 unspecified atom stereocenters. The van der Waals surface area contributed by atoms with Crippen LogP contribution in [0.1, 0.15) is 18.4 Å². The van der Waals surface area contributed by atoms with Crippen LogP contribution >= 0.6 is 0 Å². The van der Waals surface area contributed by atoms with Crippen molar-refractivity contribution in [3.05, 3.63) is 29.8 Å². The smallest absolute Gasteiger partial charge is 0.179 e. The standard InChI is InChI=1S/C17H25N3O2S/c1-19-9-3-4-16(13-19)14-20(2)10-11-23(21,22)17-7-5-15(12-18)6-8-17/h5-8,16H,3-4,9-11,13-14H2,1-2H3. The summed E-state index contributed by atoms with van der Waals surface area (Å²) in [6.07, 6.45) is 2.44. The van der Waals surface area contributed by atoms with E-state index in [2.05, 4.69) is 16.8 Å². The normalized spacial score (nSPS) is 19.7. The first-order chi connectivity index (χ1) is 10.9. The molecule has 0 bridgehead atoms. The Morgan fingerprint density at radius 2 is 2.04 bits per heavy atom. The second kappa shape index (κ2) is 7.91. The molecule has 0 radical (unpaired) electrons. The molecule has 1 aliphatic rings. The molecule has 0 aliphatic carbocycles. The van der Waals surface area contributed by atoms with Crippen LogP contribution in [0.25, 0.3) is 0 Å². The molecule has 0 saturated carbocycles. The topological polar surface area (TPSA) is 64.4 Å². The SMILES string of the molecule is CN1CCCC(CN(C)CCS(=O)(=O)c2ccc(C#N)cc2)C1. The van der Waals surface area contributed by atoms with E-state index in [0.29, 0.717) is 22.9 Å². The number of likely N-dealkylation sites (tertiary alicyclic amines) is 1. The van der Waals surface area contributed by atoms with Crippen molar-refractivity contribution in [2.24, 2.45) is 5.92 Å².